The summed E-state index contributed by atoms with van der Waals surface area (Å²) < 4.78 is 11.3. The van der Waals surface area contributed by atoms with Gasteiger partial charge in [-0.25, -0.2) is 4.21 Å². The van der Waals surface area contributed by atoms with Gasteiger partial charge in [0.1, 0.15) is 0 Å². The van der Waals surface area contributed by atoms with E-state index in [0.29, 0.717) is 11.3 Å². The Balaban J connectivity index is 2.14. The first-order valence-electron chi connectivity index (χ1n) is 7.95. The molecule has 1 unspecified atom stereocenters. The third-order valence-corrected chi connectivity index (χ3v) is 5.67. The molecule has 0 bridgehead atoms. The van der Waals surface area contributed by atoms with Gasteiger partial charge in [-0.1, -0.05) is 42.5 Å². The Kier molecular flexibility index (Phi) is 3.42. The Hall–Kier alpha value is -2.19. The Morgan fingerprint density at radius 3 is 2.83 bits per heavy atom. The molecule has 0 saturated heterocycles. The maximum atomic E-state index is 11.3. The molecule has 114 valence electrons. The molecule has 0 heterocycles. The number of fused-ring (bicyclic) bond motifs is 4. The van der Waals surface area contributed by atoms with Gasteiger partial charge in [0.2, 0.25) is 0 Å². The predicted octanol–water partition coefficient (Wildman–Crippen LogP) is 2.14. The van der Waals surface area contributed by atoms with E-state index in [-0.39, 0.29) is 5.92 Å². The molecule has 2 heteroatoms. The van der Waals surface area contributed by atoms with Gasteiger partial charge in [-0.2, -0.15) is 0 Å². The summed E-state index contributed by atoms with van der Waals surface area (Å²) in [6.45, 7) is 6.09. The fraction of sp³-hybridized carbons (Fsp3) is 0.190. The Labute approximate surface area is 139 Å². The average Bonchev–Trinajstić information content (AvgIpc) is 2.60. The number of allylic oxidation sites excluding steroid dienone is 1. The maximum absolute atomic E-state index is 11.3. The standard InChI is InChI=1S/C21H18OS/c1-3-14-11-20-15(12-21(14)23-22)7-8-18-17-6-4-5-13(2)16(17)9-10-19(18)20/h3-9,12,14H,1,10-11H2,2H3. The van der Waals surface area contributed by atoms with Gasteiger partial charge in [0, 0.05) is 5.92 Å². The highest BCUT2D eigenvalue weighted by Gasteiger charge is 2.20. The molecule has 1 atom stereocenters. The van der Waals surface area contributed by atoms with Crippen LogP contribution in [0.3, 0.4) is 0 Å². The average molecular weight is 318 g/mol. The Morgan fingerprint density at radius 1 is 1.17 bits per heavy atom. The minimum atomic E-state index is 0.149. The Morgan fingerprint density at radius 2 is 2.04 bits per heavy atom. The number of hydrogen-bond acceptors (Lipinski definition) is 1. The van der Waals surface area contributed by atoms with Gasteiger partial charge < -0.3 is 0 Å². The molecule has 2 aromatic carbocycles. The zero-order valence-corrected chi connectivity index (χ0v) is 14.0. The van der Waals surface area contributed by atoms with E-state index in [1.54, 1.807) is 0 Å². The topological polar surface area (TPSA) is 17.1 Å². The van der Waals surface area contributed by atoms with Crippen molar-refractivity contribution in [2.45, 2.75) is 19.8 Å². The van der Waals surface area contributed by atoms with Crippen LogP contribution in [0.2, 0.25) is 0 Å². The quantitative estimate of drug-likeness (QED) is 0.582. The third-order valence-electron chi connectivity index (χ3n) is 5.06. The molecule has 0 amide bonds. The molecule has 0 spiro atoms. The number of hydrogen-bond donors (Lipinski definition) is 0. The lowest BCUT2D eigenvalue weighted by Crippen LogP contribution is -2.28. The normalized spacial score (nSPS) is 18.0. The van der Waals surface area contributed by atoms with Crippen LogP contribution in [0.25, 0.3) is 12.2 Å². The molecule has 1 nitrogen and oxygen atoms in total. The van der Waals surface area contributed by atoms with Gasteiger partial charge in [-0.05, 0) is 63.4 Å². The molecule has 4 rings (SSSR count). The van der Waals surface area contributed by atoms with Crippen molar-refractivity contribution in [1.29, 1.82) is 0 Å². The van der Waals surface area contributed by atoms with Crippen LogP contribution in [0.1, 0.15) is 16.7 Å². The van der Waals surface area contributed by atoms with Crippen molar-refractivity contribution in [3.8, 4) is 0 Å². The van der Waals surface area contributed by atoms with Crippen molar-refractivity contribution in [1.82, 2.24) is 0 Å². The summed E-state index contributed by atoms with van der Waals surface area (Å²) >= 11 is 0.602. The van der Waals surface area contributed by atoms with E-state index in [0.717, 1.165) is 17.7 Å². The minimum Gasteiger partial charge on any atom is -0.212 e. The van der Waals surface area contributed by atoms with E-state index >= 15 is 0 Å². The van der Waals surface area contributed by atoms with Gasteiger partial charge in [0.05, 0.1) is 16.1 Å². The number of aryl methyl sites for hydroxylation is 1. The lowest BCUT2D eigenvalue weighted by molar-refractivity contribution is 0.700. The number of rotatable bonds is 1. The van der Waals surface area contributed by atoms with E-state index in [9.17, 15) is 4.21 Å². The first-order valence-corrected chi connectivity index (χ1v) is 8.69. The lowest BCUT2D eigenvalue weighted by Gasteiger charge is -2.21. The van der Waals surface area contributed by atoms with Crippen molar-refractivity contribution in [3.05, 3.63) is 80.6 Å². The van der Waals surface area contributed by atoms with Crippen LogP contribution < -0.4 is 10.4 Å². The van der Waals surface area contributed by atoms with Crippen LogP contribution in [0, 0.1) is 23.3 Å². The van der Waals surface area contributed by atoms with E-state index in [1.165, 1.54) is 37.6 Å². The molecule has 0 fully saturated rings. The molecule has 0 radical (unpaired) electrons. The molecule has 0 saturated carbocycles. The largest absolute Gasteiger partial charge is 0.212 e. The zero-order chi connectivity index (χ0) is 16.0. The van der Waals surface area contributed by atoms with Crippen molar-refractivity contribution in [3.63, 3.8) is 0 Å². The molecule has 2 aromatic rings. The van der Waals surface area contributed by atoms with Crippen LogP contribution in [0.4, 0.5) is 0 Å². The molecule has 0 aromatic heterocycles. The molecule has 23 heavy (non-hydrogen) atoms. The molecule has 0 aliphatic heterocycles. The first-order chi connectivity index (χ1) is 11.2. The van der Waals surface area contributed by atoms with E-state index in [4.69, 9.17) is 0 Å². The van der Waals surface area contributed by atoms with Gasteiger partial charge in [-0.15, -0.1) is 6.58 Å². The van der Waals surface area contributed by atoms with Crippen LogP contribution in [0.5, 0.6) is 0 Å². The smallest absolute Gasteiger partial charge is 0.0927 e. The molecule has 2 aliphatic rings. The fourth-order valence-electron chi connectivity index (χ4n) is 3.83. The minimum absolute atomic E-state index is 0.149. The highest BCUT2D eigenvalue weighted by Crippen LogP contribution is 2.20. The summed E-state index contributed by atoms with van der Waals surface area (Å²) in [5.74, 6) is 0.149. The summed E-state index contributed by atoms with van der Waals surface area (Å²) in [6.07, 6.45) is 8.16. The molecular weight excluding hydrogens is 300 g/mol. The van der Waals surface area contributed by atoms with Gasteiger partial charge in [0.15, 0.2) is 0 Å². The first kappa shape index (κ1) is 14.4. The number of benzene rings is 2. The fourth-order valence-corrected chi connectivity index (χ4v) is 4.31. The van der Waals surface area contributed by atoms with Crippen molar-refractivity contribution in [2.24, 2.45) is 5.92 Å². The van der Waals surface area contributed by atoms with Gasteiger partial charge >= 0.3 is 0 Å². The second-order valence-corrected chi connectivity index (χ2v) is 6.92. The second-order valence-electron chi connectivity index (χ2n) is 6.28. The summed E-state index contributed by atoms with van der Waals surface area (Å²) in [5.41, 5.74) is 4.13. The van der Waals surface area contributed by atoms with Crippen LogP contribution in [0.15, 0.2) is 43.0 Å². The summed E-state index contributed by atoms with van der Waals surface area (Å²) in [7, 11) is 0. The van der Waals surface area contributed by atoms with Crippen LogP contribution in [-0.2, 0) is 24.1 Å². The maximum Gasteiger partial charge on any atom is 0.0927 e. The monoisotopic (exact) mass is 318 g/mol. The Bertz CT molecular complexity index is 1100. The summed E-state index contributed by atoms with van der Waals surface area (Å²) in [4.78, 5) is 0.878. The molecule has 2 aliphatic carbocycles. The molecule has 0 N–H and O–H groups in total. The van der Waals surface area contributed by atoms with Gasteiger partial charge in [0.25, 0.3) is 0 Å². The SMILES string of the molecule is C=CC1Cc2c3c(ccc2=CC1=S=O)=c1cccc(C)c1=CC3. The second kappa shape index (κ2) is 5.47. The predicted molar refractivity (Wildman–Crippen MR) is 97.7 cm³/mol. The molecular formula is C21H18OS. The highest BCUT2D eigenvalue weighted by molar-refractivity contribution is 7.67. The van der Waals surface area contributed by atoms with Crippen molar-refractivity contribution in [2.75, 3.05) is 0 Å². The highest BCUT2D eigenvalue weighted by atomic mass is 32.1. The third kappa shape index (κ3) is 2.17. The van der Waals surface area contributed by atoms with Crippen LogP contribution >= 0.6 is 0 Å². The zero-order valence-electron chi connectivity index (χ0n) is 13.1. The lowest BCUT2D eigenvalue weighted by atomic mass is 9.83. The van der Waals surface area contributed by atoms with E-state index < -0.39 is 0 Å². The van der Waals surface area contributed by atoms with Gasteiger partial charge in [-0.3, -0.25) is 0 Å². The van der Waals surface area contributed by atoms with Crippen LogP contribution in [-0.4, -0.2) is 9.07 Å². The van der Waals surface area contributed by atoms with Crippen molar-refractivity contribution < 1.29 is 4.21 Å². The van der Waals surface area contributed by atoms with E-state index in [1.807, 2.05) is 6.08 Å². The van der Waals surface area contributed by atoms with E-state index in [2.05, 4.69) is 56.0 Å². The van der Waals surface area contributed by atoms with Crippen molar-refractivity contribution >= 4 is 28.3 Å². The summed E-state index contributed by atoms with van der Waals surface area (Å²) in [5, 5.41) is 5.24. The summed E-state index contributed by atoms with van der Waals surface area (Å²) in [6, 6.07) is 10.9.